The molecular formula is C19H24N6O2. The molecule has 0 saturated carbocycles. The van der Waals surface area contributed by atoms with Gasteiger partial charge in [-0.25, -0.2) is 9.97 Å². The molecule has 8 heteroatoms. The zero-order valence-electron chi connectivity index (χ0n) is 15.6. The van der Waals surface area contributed by atoms with Crippen LogP contribution in [0.5, 0.6) is 0 Å². The number of hydrogen-bond donors (Lipinski definition) is 2. The van der Waals surface area contributed by atoms with Crippen molar-refractivity contribution in [1.29, 1.82) is 0 Å². The van der Waals surface area contributed by atoms with Gasteiger partial charge in [0.25, 0.3) is 0 Å². The van der Waals surface area contributed by atoms with Gasteiger partial charge in [-0.1, -0.05) is 0 Å². The molecule has 3 N–H and O–H groups in total. The van der Waals surface area contributed by atoms with E-state index in [1.165, 1.54) is 0 Å². The molecule has 1 fully saturated rings. The summed E-state index contributed by atoms with van der Waals surface area (Å²) >= 11 is 0. The number of amides is 2. The number of rotatable bonds is 5. The lowest BCUT2D eigenvalue weighted by atomic mass is 10.2. The summed E-state index contributed by atoms with van der Waals surface area (Å²) in [6.07, 6.45) is 0. The fourth-order valence-corrected chi connectivity index (χ4v) is 3.08. The molecule has 0 unspecified atom stereocenters. The quantitative estimate of drug-likeness (QED) is 0.814. The van der Waals surface area contributed by atoms with Gasteiger partial charge in [-0.2, -0.15) is 0 Å². The molecule has 0 atom stereocenters. The zero-order chi connectivity index (χ0) is 19.4. The maximum absolute atomic E-state index is 12.3. The van der Waals surface area contributed by atoms with Crippen LogP contribution in [0.3, 0.4) is 0 Å². The number of primary amides is 1. The molecule has 2 amide bonds. The van der Waals surface area contributed by atoms with Crippen LogP contribution in [0.15, 0.2) is 30.3 Å². The normalized spacial score (nSPS) is 14.8. The van der Waals surface area contributed by atoms with Gasteiger partial charge in [-0.15, -0.1) is 0 Å². The van der Waals surface area contributed by atoms with E-state index in [9.17, 15) is 9.59 Å². The van der Waals surface area contributed by atoms with Crippen LogP contribution in [-0.4, -0.2) is 59.4 Å². The van der Waals surface area contributed by atoms with E-state index >= 15 is 0 Å². The largest absolute Gasteiger partial charge is 0.366 e. The molecule has 1 aliphatic heterocycles. The molecular weight excluding hydrogens is 344 g/mol. The fourth-order valence-electron chi connectivity index (χ4n) is 3.08. The maximum atomic E-state index is 12.3. The van der Waals surface area contributed by atoms with Crippen LogP contribution >= 0.6 is 0 Å². The number of anilines is 2. The number of nitrogens with zero attached hydrogens (tertiary/aromatic N) is 4. The second kappa shape index (κ2) is 8.13. The lowest BCUT2D eigenvalue weighted by Gasteiger charge is -2.34. The van der Waals surface area contributed by atoms with Crippen molar-refractivity contribution >= 4 is 23.5 Å². The van der Waals surface area contributed by atoms with Gasteiger partial charge in [0.1, 0.15) is 0 Å². The molecule has 0 bridgehead atoms. The highest BCUT2D eigenvalue weighted by Crippen LogP contribution is 2.13. The third kappa shape index (κ3) is 5.01. The molecule has 1 aromatic heterocycles. The van der Waals surface area contributed by atoms with Crippen molar-refractivity contribution in [2.24, 2.45) is 5.73 Å². The van der Waals surface area contributed by atoms with Gasteiger partial charge in [-0.05, 0) is 44.2 Å². The van der Waals surface area contributed by atoms with Crippen LogP contribution in [0.25, 0.3) is 0 Å². The first kappa shape index (κ1) is 18.8. The smallest absolute Gasteiger partial charge is 0.248 e. The molecule has 2 aromatic rings. The number of aryl methyl sites for hydroxylation is 2. The summed E-state index contributed by atoms with van der Waals surface area (Å²) in [6.45, 7) is 7.35. The number of carbonyl (C=O) groups excluding carboxylic acids is 2. The summed E-state index contributed by atoms with van der Waals surface area (Å²) in [6, 6.07) is 8.50. The summed E-state index contributed by atoms with van der Waals surface area (Å²) in [5, 5.41) is 2.84. The minimum Gasteiger partial charge on any atom is -0.366 e. The van der Waals surface area contributed by atoms with Gasteiger partial charge >= 0.3 is 0 Å². The molecule has 142 valence electrons. The predicted octanol–water partition coefficient (Wildman–Crippen LogP) is 0.953. The van der Waals surface area contributed by atoms with Gasteiger partial charge in [0.05, 0.1) is 6.54 Å². The summed E-state index contributed by atoms with van der Waals surface area (Å²) < 4.78 is 0. The SMILES string of the molecule is Cc1cc(C)nc(N2CCN(CC(=O)Nc3ccc(C(N)=O)cc3)CC2)n1. The molecule has 0 radical (unpaired) electrons. The van der Waals surface area contributed by atoms with E-state index in [1.807, 2.05) is 19.9 Å². The number of benzene rings is 1. The van der Waals surface area contributed by atoms with E-state index in [0.29, 0.717) is 17.8 Å². The monoisotopic (exact) mass is 368 g/mol. The second-order valence-corrected chi connectivity index (χ2v) is 6.70. The third-order valence-electron chi connectivity index (χ3n) is 4.45. The number of nitrogens with one attached hydrogen (secondary N) is 1. The molecule has 8 nitrogen and oxygen atoms in total. The lowest BCUT2D eigenvalue weighted by Crippen LogP contribution is -2.49. The average molecular weight is 368 g/mol. The molecule has 27 heavy (non-hydrogen) atoms. The van der Waals surface area contributed by atoms with Crippen molar-refractivity contribution in [2.75, 3.05) is 42.9 Å². The van der Waals surface area contributed by atoms with Gasteiger partial charge in [0.15, 0.2) is 0 Å². The van der Waals surface area contributed by atoms with Gasteiger partial charge in [0, 0.05) is 48.8 Å². The van der Waals surface area contributed by atoms with Gasteiger partial charge < -0.3 is 16.0 Å². The first-order chi connectivity index (χ1) is 12.9. The van der Waals surface area contributed by atoms with Crippen molar-refractivity contribution in [3.05, 3.63) is 47.3 Å². The van der Waals surface area contributed by atoms with E-state index in [4.69, 9.17) is 5.73 Å². The van der Waals surface area contributed by atoms with E-state index < -0.39 is 5.91 Å². The van der Waals surface area contributed by atoms with Crippen molar-refractivity contribution < 1.29 is 9.59 Å². The maximum Gasteiger partial charge on any atom is 0.248 e. The Morgan fingerprint density at radius 3 is 2.19 bits per heavy atom. The van der Waals surface area contributed by atoms with Crippen LogP contribution in [0.2, 0.25) is 0 Å². The Kier molecular flexibility index (Phi) is 5.66. The number of carbonyl (C=O) groups is 2. The second-order valence-electron chi connectivity index (χ2n) is 6.70. The van der Waals surface area contributed by atoms with Crippen LogP contribution in [0, 0.1) is 13.8 Å². The molecule has 3 rings (SSSR count). The number of aromatic nitrogens is 2. The lowest BCUT2D eigenvalue weighted by molar-refractivity contribution is -0.117. The minimum atomic E-state index is -0.487. The van der Waals surface area contributed by atoms with Crippen molar-refractivity contribution in [2.45, 2.75) is 13.8 Å². The predicted molar refractivity (Wildman–Crippen MR) is 104 cm³/mol. The number of hydrogen-bond acceptors (Lipinski definition) is 6. The highest BCUT2D eigenvalue weighted by molar-refractivity contribution is 5.95. The number of nitrogens with two attached hydrogens (primary N) is 1. The first-order valence-electron chi connectivity index (χ1n) is 8.90. The van der Waals surface area contributed by atoms with E-state index in [1.54, 1.807) is 24.3 Å². The summed E-state index contributed by atoms with van der Waals surface area (Å²) in [5.74, 6) is 0.183. The van der Waals surface area contributed by atoms with Crippen molar-refractivity contribution in [3.63, 3.8) is 0 Å². The van der Waals surface area contributed by atoms with E-state index in [-0.39, 0.29) is 5.91 Å². The average Bonchev–Trinajstić information content (AvgIpc) is 2.62. The molecule has 0 spiro atoms. The van der Waals surface area contributed by atoms with Crippen molar-refractivity contribution in [1.82, 2.24) is 14.9 Å². The Hall–Kier alpha value is -3.00. The Balaban J connectivity index is 1.49. The first-order valence-corrected chi connectivity index (χ1v) is 8.90. The van der Waals surface area contributed by atoms with Crippen LogP contribution < -0.4 is 16.0 Å². The number of piperazine rings is 1. The zero-order valence-corrected chi connectivity index (χ0v) is 15.6. The van der Waals surface area contributed by atoms with Gasteiger partial charge in [0.2, 0.25) is 17.8 Å². The van der Waals surface area contributed by atoms with Crippen LogP contribution in [0.1, 0.15) is 21.7 Å². The van der Waals surface area contributed by atoms with Crippen molar-refractivity contribution in [3.8, 4) is 0 Å². The molecule has 0 aliphatic carbocycles. The molecule has 1 aliphatic rings. The summed E-state index contributed by atoms with van der Waals surface area (Å²) in [7, 11) is 0. The molecule has 1 aromatic carbocycles. The van der Waals surface area contributed by atoms with E-state index in [0.717, 1.165) is 43.5 Å². The van der Waals surface area contributed by atoms with Gasteiger partial charge in [-0.3, -0.25) is 14.5 Å². The van der Waals surface area contributed by atoms with Crippen LogP contribution in [-0.2, 0) is 4.79 Å². The highest BCUT2D eigenvalue weighted by Gasteiger charge is 2.21. The Morgan fingerprint density at radius 2 is 1.63 bits per heavy atom. The Bertz CT molecular complexity index is 808. The summed E-state index contributed by atoms with van der Waals surface area (Å²) in [4.78, 5) is 36.6. The Labute approximate surface area is 158 Å². The van der Waals surface area contributed by atoms with Crippen LogP contribution in [0.4, 0.5) is 11.6 Å². The minimum absolute atomic E-state index is 0.0853. The fraction of sp³-hybridized carbons (Fsp3) is 0.368. The molecule has 1 saturated heterocycles. The van der Waals surface area contributed by atoms with E-state index in [2.05, 4.69) is 25.1 Å². The topological polar surface area (TPSA) is 104 Å². The highest BCUT2D eigenvalue weighted by atomic mass is 16.2. The summed E-state index contributed by atoms with van der Waals surface area (Å²) in [5.41, 5.74) is 8.19. The standard InChI is InChI=1S/C19H24N6O2/c1-13-11-14(2)22-19(21-13)25-9-7-24(8-10-25)12-17(26)23-16-5-3-15(4-6-16)18(20)27/h3-6,11H,7-10,12H2,1-2H3,(H2,20,27)(H,23,26). The third-order valence-corrected chi connectivity index (χ3v) is 4.45. The Morgan fingerprint density at radius 1 is 1.04 bits per heavy atom. The molecule has 2 heterocycles.